The first kappa shape index (κ1) is 12.5. The van der Waals surface area contributed by atoms with E-state index in [2.05, 4.69) is 10.5 Å². The molecule has 1 heterocycles. The Hall–Kier alpha value is -2.94. The number of nitrogens with zero attached hydrogens (tertiary/aromatic N) is 2. The largest absolute Gasteiger partial charge is 0.426 e. The summed E-state index contributed by atoms with van der Waals surface area (Å²) in [6.07, 6.45) is 1.20. The standard InChI is InChI=1S/C13H9N3O3/c1-8-6-11(17)12(13(18)19-8)16-15-10-4-2-9(7-14)3-5-10/h2-6,15H,1H3. The second-order valence-corrected chi connectivity index (χ2v) is 3.77. The number of rotatable bonds is 2. The van der Waals surface area contributed by atoms with Crippen LogP contribution < -0.4 is 5.43 Å². The summed E-state index contributed by atoms with van der Waals surface area (Å²) in [6, 6.07) is 8.39. The van der Waals surface area contributed by atoms with Crippen LogP contribution in [0.2, 0.25) is 0 Å². The third kappa shape index (κ3) is 2.84. The van der Waals surface area contributed by atoms with Crippen LogP contribution in [0.1, 0.15) is 12.5 Å². The van der Waals surface area contributed by atoms with Gasteiger partial charge >= 0.3 is 5.97 Å². The van der Waals surface area contributed by atoms with Gasteiger partial charge in [0.1, 0.15) is 5.76 Å². The average Bonchev–Trinajstić information content (AvgIpc) is 2.38. The molecule has 1 N–H and O–H groups in total. The smallest absolute Gasteiger partial charge is 0.367 e. The number of carbonyl (C=O) groups excluding carboxylic acids is 2. The highest BCUT2D eigenvalue weighted by atomic mass is 16.5. The zero-order valence-corrected chi connectivity index (χ0v) is 10.0. The third-order valence-electron chi connectivity index (χ3n) is 2.33. The lowest BCUT2D eigenvalue weighted by Crippen LogP contribution is -2.30. The minimum absolute atomic E-state index is 0.243. The van der Waals surface area contributed by atoms with Crippen molar-refractivity contribution in [3.63, 3.8) is 0 Å². The van der Waals surface area contributed by atoms with Gasteiger partial charge in [0.25, 0.3) is 0 Å². The maximum absolute atomic E-state index is 11.5. The van der Waals surface area contributed by atoms with Gasteiger partial charge in [-0.3, -0.25) is 10.2 Å². The number of anilines is 1. The molecule has 1 aromatic rings. The van der Waals surface area contributed by atoms with E-state index in [4.69, 9.17) is 10.00 Å². The lowest BCUT2D eigenvalue weighted by atomic mass is 10.2. The molecule has 94 valence electrons. The lowest BCUT2D eigenvalue weighted by molar-refractivity contribution is -0.133. The number of esters is 1. The van der Waals surface area contributed by atoms with Crippen molar-refractivity contribution >= 4 is 23.2 Å². The topological polar surface area (TPSA) is 91.5 Å². The zero-order chi connectivity index (χ0) is 13.8. The lowest BCUT2D eigenvalue weighted by Gasteiger charge is -2.10. The number of hydrogen-bond acceptors (Lipinski definition) is 6. The van der Waals surface area contributed by atoms with Crippen molar-refractivity contribution in [2.45, 2.75) is 6.92 Å². The highest BCUT2D eigenvalue weighted by Crippen LogP contribution is 2.10. The molecule has 6 heteroatoms. The first-order valence-electron chi connectivity index (χ1n) is 5.39. The molecule has 0 atom stereocenters. The molecule has 1 aliphatic heterocycles. The first-order valence-corrected chi connectivity index (χ1v) is 5.39. The van der Waals surface area contributed by atoms with E-state index in [-0.39, 0.29) is 11.5 Å². The van der Waals surface area contributed by atoms with E-state index in [1.165, 1.54) is 13.0 Å². The molecule has 0 spiro atoms. The van der Waals surface area contributed by atoms with E-state index in [0.717, 1.165) is 0 Å². The Morgan fingerprint density at radius 2 is 1.95 bits per heavy atom. The Bertz CT molecular complexity index is 636. The number of hydrogen-bond donors (Lipinski definition) is 1. The second-order valence-electron chi connectivity index (χ2n) is 3.77. The number of hydrazone groups is 1. The van der Waals surface area contributed by atoms with Crippen molar-refractivity contribution in [1.82, 2.24) is 0 Å². The number of nitriles is 1. The van der Waals surface area contributed by atoms with Crippen molar-refractivity contribution in [3.8, 4) is 6.07 Å². The summed E-state index contributed by atoms with van der Waals surface area (Å²) >= 11 is 0. The molecule has 1 aromatic carbocycles. The number of ketones is 1. The normalized spacial score (nSPS) is 16.6. The van der Waals surface area contributed by atoms with E-state index in [1.54, 1.807) is 24.3 Å². The van der Waals surface area contributed by atoms with Gasteiger partial charge in [0.15, 0.2) is 0 Å². The predicted molar refractivity (Wildman–Crippen MR) is 67.1 cm³/mol. The maximum atomic E-state index is 11.5. The fourth-order valence-electron chi connectivity index (χ4n) is 1.42. The van der Waals surface area contributed by atoms with E-state index in [0.29, 0.717) is 11.3 Å². The van der Waals surface area contributed by atoms with Gasteiger partial charge in [0.2, 0.25) is 11.5 Å². The van der Waals surface area contributed by atoms with Crippen LogP contribution in [0.4, 0.5) is 5.69 Å². The Labute approximate surface area is 109 Å². The summed E-state index contributed by atoms with van der Waals surface area (Å²) in [6.45, 7) is 1.51. The van der Waals surface area contributed by atoms with Gasteiger partial charge in [-0.15, -0.1) is 0 Å². The molecule has 0 aromatic heterocycles. The molecule has 0 fully saturated rings. The number of carbonyl (C=O) groups is 2. The number of allylic oxidation sites excluding steroid dienone is 2. The summed E-state index contributed by atoms with van der Waals surface area (Å²) < 4.78 is 4.78. The second kappa shape index (κ2) is 5.14. The Morgan fingerprint density at radius 3 is 2.53 bits per heavy atom. The van der Waals surface area contributed by atoms with Gasteiger partial charge in [0.05, 0.1) is 17.3 Å². The van der Waals surface area contributed by atoms with Crippen LogP contribution in [0.15, 0.2) is 41.2 Å². The van der Waals surface area contributed by atoms with Gasteiger partial charge in [-0.25, -0.2) is 4.79 Å². The monoisotopic (exact) mass is 255 g/mol. The summed E-state index contributed by atoms with van der Waals surface area (Å²) in [4.78, 5) is 23.0. The molecule has 0 amide bonds. The van der Waals surface area contributed by atoms with Crippen molar-refractivity contribution < 1.29 is 14.3 Å². The number of ether oxygens (including phenoxy) is 1. The van der Waals surface area contributed by atoms with Gasteiger partial charge in [0, 0.05) is 6.08 Å². The Balaban J connectivity index is 2.16. The van der Waals surface area contributed by atoms with Crippen LogP contribution in [0.5, 0.6) is 0 Å². The van der Waals surface area contributed by atoms with Gasteiger partial charge < -0.3 is 4.74 Å². The average molecular weight is 255 g/mol. The molecule has 0 radical (unpaired) electrons. The zero-order valence-electron chi connectivity index (χ0n) is 10.0. The summed E-state index contributed by atoms with van der Waals surface area (Å²) in [7, 11) is 0. The van der Waals surface area contributed by atoms with E-state index < -0.39 is 11.8 Å². The molecule has 2 rings (SSSR count). The minimum Gasteiger partial charge on any atom is -0.426 e. The first-order chi connectivity index (χ1) is 9.10. The van der Waals surface area contributed by atoms with Crippen LogP contribution in [0.25, 0.3) is 0 Å². The molecule has 1 aliphatic rings. The molecule has 0 saturated carbocycles. The molecular formula is C13H9N3O3. The SMILES string of the molecule is CC1=CC(=O)C(=NNc2ccc(C#N)cc2)C(=O)O1. The van der Waals surface area contributed by atoms with Crippen LogP contribution in [0.3, 0.4) is 0 Å². The highest BCUT2D eigenvalue weighted by molar-refractivity contribution is 6.67. The van der Waals surface area contributed by atoms with Crippen molar-refractivity contribution in [3.05, 3.63) is 41.7 Å². The minimum atomic E-state index is -0.786. The van der Waals surface area contributed by atoms with Crippen LogP contribution in [0, 0.1) is 11.3 Å². The van der Waals surface area contributed by atoms with Crippen LogP contribution in [-0.4, -0.2) is 17.5 Å². The molecule has 0 saturated heterocycles. The number of cyclic esters (lactones) is 1. The molecule has 19 heavy (non-hydrogen) atoms. The Morgan fingerprint density at radius 1 is 1.26 bits per heavy atom. The predicted octanol–water partition coefficient (Wildman–Crippen LogP) is 1.36. The summed E-state index contributed by atoms with van der Waals surface area (Å²) in [5, 5.41) is 12.4. The quantitative estimate of drug-likeness (QED) is 0.636. The molecule has 0 bridgehead atoms. The number of benzene rings is 1. The fourth-order valence-corrected chi connectivity index (χ4v) is 1.42. The maximum Gasteiger partial charge on any atom is 0.367 e. The molecular weight excluding hydrogens is 246 g/mol. The molecule has 0 aliphatic carbocycles. The summed E-state index contributed by atoms with van der Waals surface area (Å²) in [5.74, 6) is -1.05. The number of nitrogens with one attached hydrogen (secondary N) is 1. The van der Waals surface area contributed by atoms with Crippen molar-refractivity contribution in [2.24, 2.45) is 5.10 Å². The van der Waals surface area contributed by atoms with E-state index in [9.17, 15) is 9.59 Å². The Kier molecular flexibility index (Phi) is 3.39. The van der Waals surface area contributed by atoms with Gasteiger partial charge in [-0.05, 0) is 31.2 Å². The molecule has 6 nitrogen and oxygen atoms in total. The van der Waals surface area contributed by atoms with E-state index >= 15 is 0 Å². The molecule has 0 unspecified atom stereocenters. The van der Waals surface area contributed by atoms with Crippen molar-refractivity contribution in [2.75, 3.05) is 5.43 Å². The van der Waals surface area contributed by atoms with Crippen LogP contribution in [-0.2, 0) is 14.3 Å². The van der Waals surface area contributed by atoms with E-state index in [1.807, 2.05) is 6.07 Å². The van der Waals surface area contributed by atoms with Crippen molar-refractivity contribution in [1.29, 1.82) is 5.26 Å². The highest BCUT2D eigenvalue weighted by Gasteiger charge is 2.26. The summed E-state index contributed by atoms with van der Waals surface area (Å²) in [5.41, 5.74) is 3.32. The van der Waals surface area contributed by atoms with Gasteiger partial charge in [-0.2, -0.15) is 10.4 Å². The van der Waals surface area contributed by atoms with Gasteiger partial charge in [-0.1, -0.05) is 0 Å². The van der Waals surface area contributed by atoms with Crippen LogP contribution >= 0.6 is 0 Å². The third-order valence-corrected chi connectivity index (χ3v) is 2.33. The fraction of sp³-hybridized carbons (Fsp3) is 0.0769.